The number of rotatable bonds is 5. The number of hydrogen-bond donors (Lipinski definition) is 0. The van der Waals surface area contributed by atoms with Crippen molar-refractivity contribution in [2.45, 2.75) is 128 Å². The summed E-state index contributed by atoms with van der Waals surface area (Å²) in [5.74, 6) is -1.54. The van der Waals surface area contributed by atoms with Crippen molar-refractivity contribution in [3.05, 3.63) is 0 Å². The summed E-state index contributed by atoms with van der Waals surface area (Å²) in [5, 5.41) is 0. The molecule has 0 aromatic carbocycles. The molecule has 0 spiro atoms. The molecular formula is C26H47F7O5. The van der Waals surface area contributed by atoms with Crippen LogP contribution in [0.25, 0.3) is 0 Å². The lowest BCUT2D eigenvalue weighted by Crippen LogP contribution is -2.52. The maximum absolute atomic E-state index is 14.9. The van der Waals surface area contributed by atoms with Crippen LogP contribution in [0.2, 0.25) is 0 Å². The molecule has 0 aromatic rings. The van der Waals surface area contributed by atoms with Gasteiger partial charge in [-0.1, -0.05) is 14.4 Å². The van der Waals surface area contributed by atoms with Crippen LogP contribution in [0.4, 0.5) is 30.7 Å². The molecular weight excluding hydrogens is 525 g/mol. The van der Waals surface area contributed by atoms with Crippen LogP contribution < -0.4 is 0 Å². The molecule has 230 valence electrons. The highest BCUT2D eigenvalue weighted by molar-refractivity contribution is 4.96. The normalized spacial score (nSPS) is 43.9. The molecule has 12 heteroatoms. The van der Waals surface area contributed by atoms with Crippen LogP contribution in [0.15, 0.2) is 0 Å². The highest BCUT2D eigenvalue weighted by Crippen LogP contribution is 2.49. The predicted molar refractivity (Wildman–Crippen MR) is 131 cm³/mol. The zero-order valence-corrected chi connectivity index (χ0v) is 21.2. The van der Waals surface area contributed by atoms with E-state index in [1.54, 1.807) is 0 Å². The molecule has 6 N–H and O–H groups in total. The SMILES string of the molecule is C.CC1CCC(C2CCC(C3CC(F)C(C(F)(F)OC4CC(F)C(F)C(F)C4)C(F)C3)CC2)OC1.O.O.O. The van der Waals surface area contributed by atoms with Gasteiger partial charge in [0.05, 0.1) is 12.2 Å². The van der Waals surface area contributed by atoms with E-state index in [0.717, 1.165) is 45.1 Å². The van der Waals surface area contributed by atoms with E-state index in [9.17, 15) is 30.7 Å². The molecule has 1 heterocycles. The molecule has 3 saturated carbocycles. The third-order valence-corrected chi connectivity index (χ3v) is 8.76. The van der Waals surface area contributed by atoms with Crippen LogP contribution in [-0.4, -0.2) is 72.2 Å². The number of ether oxygens (including phenoxy) is 2. The minimum atomic E-state index is -4.22. The summed E-state index contributed by atoms with van der Waals surface area (Å²) in [7, 11) is 0. The number of halogens is 7. The van der Waals surface area contributed by atoms with E-state index in [2.05, 4.69) is 11.7 Å². The fourth-order valence-corrected chi connectivity index (χ4v) is 6.75. The standard InChI is InChI=1S/C25H37F7O2.CH4.3H2O/c1-13-2-7-22(33-12-13)15-5-3-14(4-6-15)16-8-18(26)23(19(27)9-16)25(31,32)34-17-10-20(28)24(30)21(29)11-17;;;;/h13-24H,2-12H2,1H3;1H4;3*1H2. The maximum Gasteiger partial charge on any atom is 0.364 e. The summed E-state index contributed by atoms with van der Waals surface area (Å²) in [6, 6.07) is 0. The molecule has 3 aliphatic carbocycles. The minimum absolute atomic E-state index is 0. The largest absolute Gasteiger partial charge is 0.412 e. The van der Waals surface area contributed by atoms with Gasteiger partial charge in [0.2, 0.25) is 0 Å². The average Bonchev–Trinajstić information content (AvgIpc) is 2.77. The zero-order chi connectivity index (χ0) is 24.6. The van der Waals surface area contributed by atoms with Crippen LogP contribution in [0.3, 0.4) is 0 Å². The molecule has 6 atom stereocenters. The van der Waals surface area contributed by atoms with Crippen molar-refractivity contribution in [2.24, 2.45) is 29.6 Å². The van der Waals surface area contributed by atoms with Gasteiger partial charge in [-0.05, 0) is 75.0 Å². The third kappa shape index (κ3) is 8.41. The van der Waals surface area contributed by atoms with Gasteiger partial charge in [-0.15, -0.1) is 0 Å². The van der Waals surface area contributed by atoms with Crippen molar-refractivity contribution in [2.75, 3.05) is 6.61 Å². The first-order valence-electron chi connectivity index (χ1n) is 12.9. The second-order valence-electron chi connectivity index (χ2n) is 11.3. The van der Waals surface area contributed by atoms with E-state index in [4.69, 9.17) is 4.74 Å². The summed E-state index contributed by atoms with van der Waals surface area (Å²) < 4.78 is 110. The summed E-state index contributed by atoms with van der Waals surface area (Å²) >= 11 is 0. The van der Waals surface area contributed by atoms with Gasteiger partial charge in [0.15, 0.2) is 6.17 Å². The fourth-order valence-electron chi connectivity index (χ4n) is 6.75. The molecule has 1 aliphatic heterocycles. The Kier molecular flexibility index (Phi) is 15.1. The van der Waals surface area contributed by atoms with Gasteiger partial charge in [-0.3, -0.25) is 0 Å². The Morgan fingerprint density at radius 1 is 0.658 bits per heavy atom. The molecule has 0 amide bonds. The lowest BCUT2D eigenvalue weighted by atomic mass is 9.67. The molecule has 0 bridgehead atoms. The first-order valence-corrected chi connectivity index (χ1v) is 12.9. The van der Waals surface area contributed by atoms with Crippen molar-refractivity contribution < 1.29 is 56.6 Å². The van der Waals surface area contributed by atoms with Crippen LogP contribution in [0, 0.1) is 29.6 Å². The number of alkyl halides is 7. The molecule has 1 saturated heterocycles. The van der Waals surface area contributed by atoms with E-state index in [0.29, 0.717) is 11.8 Å². The first kappa shape index (κ1) is 37.3. The van der Waals surface area contributed by atoms with Gasteiger partial charge >= 0.3 is 6.11 Å². The number of hydrogen-bond acceptors (Lipinski definition) is 2. The van der Waals surface area contributed by atoms with Crippen LogP contribution in [0.1, 0.15) is 78.6 Å². The maximum atomic E-state index is 14.9. The van der Waals surface area contributed by atoms with Crippen molar-refractivity contribution >= 4 is 0 Å². The van der Waals surface area contributed by atoms with E-state index >= 15 is 0 Å². The van der Waals surface area contributed by atoms with E-state index in [-0.39, 0.29) is 54.6 Å². The molecule has 4 rings (SSSR count). The Morgan fingerprint density at radius 2 is 1.16 bits per heavy atom. The summed E-state index contributed by atoms with van der Waals surface area (Å²) in [6.07, 6.45) is -13.0. The van der Waals surface area contributed by atoms with Gasteiger partial charge < -0.3 is 25.9 Å². The van der Waals surface area contributed by atoms with Gasteiger partial charge in [0, 0.05) is 19.4 Å². The van der Waals surface area contributed by atoms with Crippen LogP contribution in [0.5, 0.6) is 0 Å². The Morgan fingerprint density at radius 3 is 1.63 bits per heavy atom. The fraction of sp³-hybridized carbons (Fsp3) is 1.00. The Hall–Kier alpha value is -0.690. The highest BCUT2D eigenvalue weighted by atomic mass is 19.3. The third-order valence-electron chi connectivity index (χ3n) is 8.76. The minimum Gasteiger partial charge on any atom is -0.412 e. The van der Waals surface area contributed by atoms with Crippen molar-refractivity contribution in [1.82, 2.24) is 0 Å². The topological polar surface area (TPSA) is 113 Å². The molecule has 4 fully saturated rings. The quantitative estimate of drug-likeness (QED) is 0.419. The predicted octanol–water partition coefficient (Wildman–Crippen LogP) is 5.26. The lowest BCUT2D eigenvalue weighted by Gasteiger charge is -2.44. The monoisotopic (exact) mass is 572 g/mol. The molecule has 0 aromatic heterocycles. The lowest BCUT2D eigenvalue weighted by molar-refractivity contribution is -0.323. The van der Waals surface area contributed by atoms with Gasteiger partial charge in [-0.25, -0.2) is 22.0 Å². The average molecular weight is 573 g/mol. The molecule has 38 heavy (non-hydrogen) atoms. The zero-order valence-electron chi connectivity index (χ0n) is 21.2. The molecule has 0 radical (unpaired) electrons. The summed E-state index contributed by atoms with van der Waals surface area (Å²) in [6.45, 7) is 2.94. The van der Waals surface area contributed by atoms with Crippen molar-refractivity contribution in [1.29, 1.82) is 0 Å². The van der Waals surface area contributed by atoms with Gasteiger partial charge in [-0.2, -0.15) is 8.78 Å². The molecule has 6 unspecified atom stereocenters. The summed E-state index contributed by atoms with van der Waals surface area (Å²) in [5.41, 5.74) is 0. The first-order chi connectivity index (χ1) is 16.0. The van der Waals surface area contributed by atoms with Gasteiger partial charge in [0.1, 0.15) is 30.6 Å². The van der Waals surface area contributed by atoms with Crippen LogP contribution in [-0.2, 0) is 9.47 Å². The molecule has 4 aliphatic rings. The smallest absolute Gasteiger partial charge is 0.364 e. The second-order valence-corrected chi connectivity index (χ2v) is 11.3. The van der Waals surface area contributed by atoms with Crippen molar-refractivity contribution in [3.63, 3.8) is 0 Å². The van der Waals surface area contributed by atoms with E-state index < -0.39 is 61.8 Å². The van der Waals surface area contributed by atoms with E-state index in [1.165, 1.54) is 0 Å². The second kappa shape index (κ2) is 15.3. The van der Waals surface area contributed by atoms with Gasteiger partial charge in [0.25, 0.3) is 0 Å². The Balaban J connectivity index is 0.00000342. The highest BCUT2D eigenvalue weighted by Gasteiger charge is 2.57. The Bertz CT molecular complexity index is 638. The Labute approximate surface area is 221 Å². The summed E-state index contributed by atoms with van der Waals surface area (Å²) in [4.78, 5) is 0. The molecule has 5 nitrogen and oxygen atoms in total. The van der Waals surface area contributed by atoms with E-state index in [1.807, 2.05) is 0 Å². The van der Waals surface area contributed by atoms with Crippen molar-refractivity contribution in [3.8, 4) is 0 Å². The van der Waals surface area contributed by atoms with Crippen LogP contribution >= 0.6 is 0 Å².